The van der Waals surface area contributed by atoms with E-state index in [4.69, 9.17) is 11.5 Å². The minimum Gasteiger partial charge on any atom is -0.330 e. The van der Waals surface area contributed by atoms with Crippen molar-refractivity contribution in [3.05, 3.63) is 0 Å². The normalized spacial score (nSPS) is 16.8. The molecule has 0 saturated heterocycles. The summed E-state index contributed by atoms with van der Waals surface area (Å²) in [4.78, 5) is 0. The Bertz CT molecular complexity index is 514. The van der Waals surface area contributed by atoms with Crippen LogP contribution in [0.25, 0.3) is 0 Å². The zero-order valence-corrected chi connectivity index (χ0v) is 14.9. The van der Waals surface area contributed by atoms with Crippen molar-refractivity contribution in [2.75, 3.05) is 26.3 Å². The largest absolute Gasteiger partial charge is 0.422 e. The lowest BCUT2D eigenvalue weighted by molar-refractivity contribution is -0.387. The van der Waals surface area contributed by atoms with Gasteiger partial charge in [0.2, 0.25) is 12.3 Å². The van der Waals surface area contributed by atoms with Crippen molar-refractivity contribution in [2.24, 2.45) is 16.9 Å². The van der Waals surface area contributed by atoms with E-state index in [1.165, 1.54) is 0 Å². The van der Waals surface area contributed by atoms with E-state index >= 15 is 0 Å². The van der Waals surface area contributed by atoms with Gasteiger partial charge in [-0.05, 0) is 0 Å². The molecule has 188 valence electrons. The summed E-state index contributed by atoms with van der Waals surface area (Å²) in [5.74, 6) is -12.3. The van der Waals surface area contributed by atoms with Gasteiger partial charge >= 0.3 is 24.1 Å². The Morgan fingerprint density at radius 2 is 0.806 bits per heavy atom. The summed E-state index contributed by atoms with van der Waals surface area (Å²) in [6.45, 7) is -6.33. The van der Waals surface area contributed by atoms with Crippen molar-refractivity contribution in [1.29, 1.82) is 0 Å². The van der Waals surface area contributed by atoms with Crippen LogP contribution in [0.2, 0.25) is 0 Å². The highest BCUT2D eigenvalue weighted by Crippen LogP contribution is 2.44. The van der Waals surface area contributed by atoms with Gasteiger partial charge in [-0.3, -0.25) is 0 Å². The van der Waals surface area contributed by atoms with Crippen LogP contribution in [0.15, 0.2) is 0 Å². The Morgan fingerprint density at radius 3 is 1.00 bits per heavy atom. The van der Waals surface area contributed by atoms with Gasteiger partial charge in [0.15, 0.2) is 0 Å². The molecule has 0 aromatic carbocycles. The smallest absolute Gasteiger partial charge is 0.330 e. The predicted octanol–water partition coefficient (Wildman–Crippen LogP) is 3.59. The third-order valence-corrected chi connectivity index (χ3v) is 3.90. The molecule has 0 aliphatic carbocycles. The molecule has 2 unspecified atom stereocenters. The van der Waals surface area contributed by atoms with Crippen molar-refractivity contribution in [2.45, 2.75) is 49.3 Å². The SMILES string of the molecule is NCC(CN)(COC(F)(F)C(F)(F)C(F)C(F)F)COC(F)(F)C(F)(F)C(F)C(F)F. The molecule has 4 nitrogen and oxygen atoms in total. The van der Waals surface area contributed by atoms with Crippen molar-refractivity contribution >= 4 is 0 Å². The minimum atomic E-state index is -6.15. The van der Waals surface area contributed by atoms with Crippen molar-refractivity contribution in [3.8, 4) is 0 Å². The van der Waals surface area contributed by atoms with E-state index < -0.39 is 81.0 Å². The quantitative estimate of drug-likeness (QED) is 0.360. The van der Waals surface area contributed by atoms with Gasteiger partial charge in [-0.1, -0.05) is 0 Å². The maximum Gasteiger partial charge on any atom is 0.422 e. The van der Waals surface area contributed by atoms with E-state index in [1.807, 2.05) is 0 Å². The lowest BCUT2D eigenvalue weighted by atomic mass is 9.90. The molecular weight excluding hydrogens is 482 g/mol. The lowest BCUT2D eigenvalue weighted by Crippen LogP contribution is -2.57. The molecular formula is C13H16F14N2O2. The average Bonchev–Trinajstić information content (AvgIpc) is 2.66. The molecule has 0 aromatic heterocycles. The summed E-state index contributed by atoms with van der Waals surface area (Å²) in [5.41, 5.74) is 7.39. The molecule has 0 fully saturated rings. The molecule has 0 spiro atoms. The van der Waals surface area contributed by atoms with Crippen molar-refractivity contribution in [3.63, 3.8) is 0 Å². The first-order chi connectivity index (χ1) is 13.7. The Hall–Kier alpha value is -1.14. The number of nitrogens with two attached hydrogens (primary N) is 2. The molecule has 0 amide bonds. The van der Waals surface area contributed by atoms with Gasteiger partial charge in [0, 0.05) is 18.5 Å². The zero-order valence-electron chi connectivity index (χ0n) is 14.9. The van der Waals surface area contributed by atoms with Gasteiger partial charge in [0.1, 0.15) is 0 Å². The maximum atomic E-state index is 13.4. The predicted molar refractivity (Wildman–Crippen MR) is 74.0 cm³/mol. The minimum absolute atomic E-state index is 1.20. The third-order valence-electron chi connectivity index (χ3n) is 3.90. The maximum absolute atomic E-state index is 13.4. The first-order valence-electron chi connectivity index (χ1n) is 7.78. The number of alkyl halides is 14. The number of halogens is 14. The van der Waals surface area contributed by atoms with Crippen LogP contribution in [-0.4, -0.2) is 75.6 Å². The van der Waals surface area contributed by atoms with E-state index in [1.54, 1.807) is 0 Å². The monoisotopic (exact) mass is 498 g/mol. The fourth-order valence-corrected chi connectivity index (χ4v) is 1.68. The molecule has 0 bridgehead atoms. The van der Waals surface area contributed by atoms with Crippen LogP contribution in [0.3, 0.4) is 0 Å². The van der Waals surface area contributed by atoms with Gasteiger partial charge in [-0.25, -0.2) is 26.3 Å². The van der Waals surface area contributed by atoms with Gasteiger partial charge in [-0.2, -0.15) is 35.1 Å². The highest BCUT2D eigenvalue weighted by Gasteiger charge is 2.68. The van der Waals surface area contributed by atoms with Crippen LogP contribution in [0.4, 0.5) is 61.5 Å². The molecule has 0 aliphatic rings. The number of hydrogen-bond donors (Lipinski definition) is 2. The summed E-state index contributed by atoms with van der Waals surface area (Å²) in [6, 6.07) is 0. The first kappa shape index (κ1) is 29.9. The molecule has 2 atom stereocenters. The number of hydrogen-bond acceptors (Lipinski definition) is 4. The van der Waals surface area contributed by atoms with Gasteiger partial charge < -0.3 is 20.9 Å². The van der Waals surface area contributed by atoms with E-state index in [2.05, 4.69) is 9.47 Å². The Balaban J connectivity index is 5.51. The zero-order chi connectivity index (χ0) is 25.1. The van der Waals surface area contributed by atoms with Gasteiger partial charge in [0.05, 0.1) is 13.2 Å². The van der Waals surface area contributed by atoms with Gasteiger partial charge in [0.25, 0.3) is 12.9 Å². The Kier molecular flexibility index (Phi) is 9.83. The molecule has 18 heteroatoms. The van der Waals surface area contributed by atoms with Crippen LogP contribution in [-0.2, 0) is 9.47 Å². The second-order valence-corrected chi connectivity index (χ2v) is 6.24. The average molecular weight is 498 g/mol. The molecule has 31 heavy (non-hydrogen) atoms. The summed E-state index contributed by atoms with van der Waals surface area (Å²) in [5, 5.41) is 0. The molecule has 0 aliphatic heterocycles. The van der Waals surface area contributed by atoms with Gasteiger partial charge in [-0.15, -0.1) is 0 Å². The molecule has 0 heterocycles. The second kappa shape index (κ2) is 10.2. The van der Waals surface area contributed by atoms with E-state index in [9.17, 15) is 61.5 Å². The molecule has 0 aromatic rings. The lowest BCUT2D eigenvalue weighted by Gasteiger charge is -2.36. The highest BCUT2D eigenvalue weighted by molar-refractivity contribution is 4.91. The van der Waals surface area contributed by atoms with E-state index in [0.717, 1.165) is 0 Å². The van der Waals surface area contributed by atoms with Crippen molar-refractivity contribution in [1.82, 2.24) is 0 Å². The molecule has 0 saturated carbocycles. The number of rotatable bonds is 14. The fraction of sp³-hybridized carbons (Fsp3) is 1.00. The summed E-state index contributed by atoms with van der Waals surface area (Å²) in [7, 11) is 0. The van der Waals surface area contributed by atoms with Crippen LogP contribution in [0.5, 0.6) is 0 Å². The fourth-order valence-electron chi connectivity index (χ4n) is 1.68. The standard InChI is InChI=1S/C13H16F14N2O2/c14-5(7(16)17)10(20,21)12(24,25)30-3-9(1-28,2-29)4-31-13(26,27)11(22,23)6(15)8(18)19/h5-8H,1-4,28-29H2. The van der Waals surface area contributed by atoms with E-state index in [0.29, 0.717) is 0 Å². The summed E-state index contributed by atoms with van der Waals surface area (Å²) >= 11 is 0. The summed E-state index contributed by atoms with van der Waals surface area (Å²) < 4.78 is 186. The van der Waals surface area contributed by atoms with E-state index in [-0.39, 0.29) is 0 Å². The Labute approximate surface area is 164 Å². The van der Waals surface area contributed by atoms with Crippen LogP contribution >= 0.6 is 0 Å². The topological polar surface area (TPSA) is 70.5 Å². The first-order valence-corrected chi connectivity index (χ1v) is 7.78. The number of ether oxygens (including phenoxy) is 2. The molecule has 4 N–H and O–H groups in total. The van der Waals surface area contributed by atoms with Crippen LogP contribution in [0, 0.1) is 5.41 Å². The highest BCUT2D eigenvalue weighted by atomic mass is 19.3. The van der Waals surface area contributed by atoms with Crippen LogP contribution in [0.1, 0.15) is 0 Å². The van der Waals surface area contributed by atoms with Crippen molar-refractivity contribution < 1.29 is 70.9 Å². The van der Waals surface area contributed by atoms with Crippen LogP contribution < -0.4 is 11.5 Å². The molecule has 0 rings (SSSR count). The summed E-state index contributed by atoms with van der Waals surface area (Å²) in [6.07, 6.45) is -30.6. The molecule has 0 radical (unpaired) electrons. The third kappa shape index (κ3) is 6.44. The second-order valence-electron chi connectivity index (χ2n) is 6.24. The Morgan fingerprint density at radius 1 is 0.548 bits per heavy atom.